The zero-order valence-electron chi connectivity index (χ0n) is 16.7. The van der Waals surface area contributed by atoms with Crippen molar-refractivity contribution in [2.45, 2.75) is 31.4 Å². The van der Waals surface area contributed by atoms with Crippen LogP contribution in [0.3, 0.4) is 0 Å². The largest absolute Gasteiger partial charge is 0.356 e. The summed E-state index contributed by atoms with van der Waals surface area (Å²) in [5.41, 5.74) is 1.61. The molecule has 0 saturated carbocycles. The zero-order valence-corrected chi connectivity index (χ0v) is 18.3. The van der Waals surface area contributed by atoms with Crippen molar-refractivity contribution >= 4 is 27.5 Å². The Balaban J connectivity index is 1.41. The van der Waals surface area contributed by atoms with Gasteiger partial charge in [-0.25, -0.2) is 17.1 Å². The van der Waals surface area contributed by atoms with Crippen molar-refractivity contribution in [3.05, 3.63) is 70.5 Å². The minimum Gasteiger partial charge on any atom is -0.356 e. The quantitative estimate of drug-likeness (QED) is 0.620. The van der Waals surface area contributed by atoms with Gasteiger partial charge in [0.25, 0.3) is 0 Å². The maximum atomic E-state index is 12.9. The SMILES string of the molecule is O=C(NCCCc1ccc(F)cc1)C1CCN(S(=O)(=O)Cc2ccccc2Cl)CC1. The van der Waals surface area contributed by atoms with Crippen LogP contribution in [-0.2, 0) is 27.0 Å². The molecule has 0 atom stereocenters. The lowest BCUT2D eigenvalue weighted by molar-refractivity contribution is -0.126. The first-order chi connectivity index (χ1) is 14.3. The van der Waals surface area contributed by atoms with Crippen LogP contribution in [0.2, 0.25) is 5.02 Å². The summed E-state index contributed by atoms with van der Waals surface area (Å²) in [6.07, 6.45) is 2.54. The number of hydrogen-bond acceptors (Lipinski definition) is 3. The molecule has 3 rings (SSSR count). The highest BCUT2D eigenvalue weighted by Gasteiger charge is 2.31. The number of nitrogens with zero attached hydrogens (tertiary/aromatic N) is 1. The molecule has 2 aromatic carbocycles. The number of nitrogens with one attached hydrogen (secondary N) is 1. The highest BCUT2D eigenvalue weighted by Crippen LogP contribution is 2.24. The molecule has 1 heterocycles. The number of carbonyl (C=O) groups is 1. The third kappa shape index (κ3) is 6.27. The number of hydrogen-bond donors (Lipinski definition) is 1. The van der Waals surface area contributed by atoms with Crippen LogP contribution in [0.5, 0.6) is 0 Å². The highest BCUT2D eigenvalue weighted by atomic mass is 35.5. The Kier molecular flexibility index (Phi) is 7.86. The van der Waals surface area contributed by atoms with E-state index in [4.69, 9.17) is 11.6 Å². The fourth-order valence-electron chi connectivity index (χ4n) is 3.60. The molecule has 1 N–H and O–H groups in total. The number of sulfonamides is 1. The number of amides is 1. The third-order valence-corrected chi connectivity index (χ3v) is 7.57. The average Bonchev–Trinajstić information content (AvgIpc) is 2.74. The van der Waals surface area contributed by atoms with Crippen LogP contribution in [0, 0.1) is 11.7 Å². The summed E-state index contributed by atoms with van der Waals surface area (Å²) >= 11 is 6.09. The Labute approximate surface area is 182 Å². The summed E-state index contributed by atoms with van der Waals surface area (Å²) in [6.45, 7) is 1.21. The van der Waals surface area contributed by atoms with Crippen LogP contribution in [0.1, 0.15) is 30.4 Å². The number of rotatable bonds is 8. The topological polar surface area (TPSA) is 66.5 Å². The van der Waals surface area contributed by atoms with Crippen LogP contribution in [0.4, 0.5) is 4.39 Å². The van der Waals surface area contributed by atoms with Crippen molar-refractivity contribution in [1.82, 2.24) is 9.62 Å². The predicted molar refractivity (Wildman–Crippen MR) is 116 cm³/mol. The molecule has 2 aromatic rings. The first kappa shape index (κ1) is 22.7. The first-order valence-electron chi connectivity index (χ1n) is 10.1. The normalized spacial score (nSPS) is 15.8. The average molecular weight is 453 g/mol. The molecule has 0 bridgehead atoms. The Morgan fingerprint density at radius 1 is 1.10 bits per heavy atom. The Morgan fingerprint density at radius 3 is 2.43 bits per heavy atom. The van der Waals surface area contributed by atoms with Crippen LogP contribution < -0.4 is 5.32 Å². The van der Waals surface area contributed by atoms with Gasteiger partial charge >= 0.3 is 0 Å². The van der Waals surface area contributed by atoms with Gasteiger partial charge in [-0.15, -0.1) is 0 Å². The van der Waals surface area contributed by atoms with E-state index in [9.17, 15) is 17.6 Å². The summed E-state index contributed by atoms with van der Waals surface area (Å²) in [5, 5.41) is 3.38. The molecular weight excluding hydrogens is 427 g/mol. The fourth-order valence-corrected chi connectivity index (χ4v) is 5.48. The van der Waals surface area contributed by atoms with Gasteiger partial charge in [0.2, 0.25) is 15.9 Å². The molecule has 1 aliphatic rings. The van der Waals surface area contributed by atoms with E-state index >= 15 is 0 Å². The number of carbonyl (C=O) groups excluding carboxylic acids is 1. The minimum absolute atomic E-state index is 0.0303. The number of piperidine rings is 1. The molecule has 0 aliphatic carbocycles. The molecule has 0 unspecified atom stereocenters. The van der Waals surface area contributed by atoms with Crippen LogP contribution in [-0.4, -0.2) is 38.3 Å². The molecule has 1 fully saturated rings. The molecule has 30 heavy (non-hydrogen) atoms. The van der Waals surface area contributed by atoms with Crippen molar-refractivity contribution in [2.75, 3.05) is 19.6 Å². The fraction of sp³-hybridized carbons (Fsp3) is 0.409. The van der Waals surface area contributed by atoms with Crippen molar-refractivity contribution in [2.24, 2.45) is 5.92 Å². The number of aryl methyl sites for hydroxylation is 1. The van der Waals surface area contributed by atoms with Crippen LogP contribution >= 0.6 is 11.6 Å². The van der Waals surface area contributed by atoms with Gasteiger partial charge in [-0.2, -0.15) is 0 Å². The van der Waals surface area contributed by atoms with Crippen molar-refractivity contribution in [3.63, 3.8) is 0 Å². The van der Waals surface area contributed by atoms with Gasteiger partial charge in [-0.05, 0) is 55.0 Å². The highest BCUT2D eigenvalue weighted by molar-refractivity contribution is 7.88. The van der Waals surface area contributed by atoms with E-state index in [1.807, 2.05) is 0 Å². The van der Waals surface area contributed by atoms with Gasteiger partial charge in [0.05, 0.1) is 5.75 Å². The lowest BCUT2D eigenvalue weighted by Gasteiger charge is -2.30. The summed E-state index contributed by atoms with van der Waals surface area (Å²) in [7, 11) is -3.47. The van der Waals surface area contributed by atoms with Gasteiger partial charge in [0.1, 0.15) is 5.82 Å². The van der Waals surface area contributed by atoms with Gasteiger partial charge in [0.15, 0.2) is 0 Å². The zero-order chi connectivity index (χ0) is 21.6. The summed E-state index contributed by atoms with van der Waals surface area (Å²) in [5.74, 6) is -0.598. The lowest BCUT2D eigenvalue weighted by atomic mass is 9.97. The predicted octanol–water partition coefficient (Wildman–Crippen LogP) is 3.77. The van der Waals surface area contributed by atoms with E-state index in [-0.39, 0.29) is 23.4 Å². The second-order valence-corrected chi connectivity index (χ2v) is 9.92. The van der Waals surface area contributed by atoms with Crippen molar-refractivity contribution in [1.29, 1.82) is 0 Å². The Hall–Kier alpha value is -1.96. The number of benzene rings is 2. The van der Waals surface area contributed by atoms with Gasteiger partial charge < -0.3 is 5.32 Å². The molecule has 1 amide bonds. The molecule has 1 aliphatic heterocycles. The lowest BCUT2D eigenvalue weighted by Crippen LogP contribution is -2.43. The second kappa shape index (κ2) is 10.4. The third-order valence-electron chi connectivity index (χ3n) is 5.37. The molecule has 0 radical (unpaired) electrons. The van der Waals surface area contributed by atoms with E-state index in [2.05, 4.69) is 5.32 Å². The van der Waals surface area contributed by atoms with E-state index in [1.54, 1.807) is 36.4 Å². The molecule has 8 heteroatoms. The van der Waals surface area contributed by atoms with Gasteiger partial charge in [0, 0.05) is 30.6 Å². The molecular formula is C22H26ClFN2O3S. The standard InChI is InChI=1S/C22H26ClFN2O3S/c23-21-6-2-1-5-19(21)16-30(28,29)26-14-11-18(12-15-26)22(27)25-13-3-4-17-7-9-20(24)10-8-17/h1-2,5-10,18H,3-4,11-16H2,(H,25,27). The Morgan fingerprint density at radius 2 is 1.77 bits per heavy atom. The molecule has 0 aromatic heterocycles. The monoisotopic (exact) mass is 452 g/mol. The maximum Gasteiger partial charge on any atom is 0.223 e. The van der Waals surface area contributed by atoms with Crippen LogP contribution in [0.15, 0.2) is 48.5 Å². The smallest absolute Gasteiger partial charge is 0.223 e. The molecule has 5 nitrogen and oxygen atoms in total. The van der Waals surface area contributed by atoms with E-state index in [1.165, 1.54) is 16.4 Å². The van der Waals surface area contributed by atoms with Crippen molar-refractivity contribution < 1.29 is 17.6 Å². The van der Waals surface area contributed by atoms with E-state index < -0.39 is 10.0 Å². The van der Waals surface area contributed by atoms with E-state index in [0.29, 0.717) is 43.1 Å². The first-order valence-corrected chi connectivity index (χ1v) is 12.1. The molecule has 1 saturated heterocycles. The maximum absolute atomic E-state index is 12.9. The summed E-state index contributed by atoms with van der Waals surface area (Å²) in [4.78, 5) is 12.4. The molecule has 0 spiro atoms. The van der Waals surface area contributed by atoms with E-state index in [0.717, 1.165) is 18.4 Å². The summed E-state index contributed by atoms with van der Waals surface area (Å²) < 4.78 is 39.8. The summed E-state index contributed by atoms with van der Waals surface area (Å²) in [6, 6.07) is 13.3. The Bertz CT molecular complexity index is 959. The number of halogens is 2. The second-order valence-electron chi connectivity index (χ2n) is 7.54. The molecule has 162 valence electrons. The van der Waals surface area contributed by atoms with Gasteiger partial charge in [-0.1, -0.05) is 41.9 Å². The van der Waals surface area contributed by atoms with Crippen LogP contribution in [0.25, 0.3) is 0 Å². The van der Waals surface area contributed by atoms with Gasteiger partial charge in [-0.3, -0.25) is 4.79 Å². The van der Waals surface area contributed by atoms with Crippen molar-refractivity contribution in [3.8, 4) is 0 Å². The minimum atomic E-state index is -3.47.